The molecule has 0 atom stereocenters. The number of benzene rings is 1. The molecule has 0 saturated heterocycles. The van der Waals surface area contributed by atoms with E-state index in [0.29, 0.717) is 18.7 Å². The van der Waals surface area contributed by atoms with Gasteiger partial charge in [0.2, 0.25) is 5.91 Å². The molecule has 4 rings (SSSR count). The fourth-order valence-electron chi connectivity index (χ4n) is 2.83. The smallest absolute Gasteiger partial charge is 0.228 e. The lowest BCUT2D eigenvalue weighted by molar-refractivity contribution is -0.115. The first-order chi connectivity index (χ1) is 9.70. The van der Waals surface area contributed by atoms with Crippen LogP contribution in [0.5, 0.6) is 0 Å². The Morgan fingerprint density at radius 2 is 2.20 bits per heavy atom. The second kappa shape index (κ2) is 3.96. The van der Waals surface area contributed by atoms with Crippen molar-refractivity contribution in [1.82, 2.24) is 14.8 Å². The summed E-state index contributed by atoms with van der Waals surface area (Å²) in [5, 5.41) is 10.9. The van der Waals surface area contributed by atoms with Gasteiger partial charge in [-0.2, -0.15) is 0 Å². The van der Waals surface area contributed by atoms with E-state index in [4.69, 9.17) is 5.73 Å². The summed E-state index contributed by atoms with van der Waals surface area (Å²) in [6.45, 7) is 2.37. The quantitative estimate of drug-likeness (QED) is 0.731. The van der Waals surface area contributed by atoms with Gasteiger partial charge in [0.15, 0.2) is 5.82 Å². The summed E-state index contributed by atoms with van der Waals surface area (Å²) in [7, 11) is 0. The van der Waals surface area contributed by atoms with Crippen molar-refractivity contribution in [2.24, 2.45) is 0 Å². The van der Waals surface area contributed by atoms with E-state index in [-0.39, 0.29) is 5.91 Å². The number of nitrogens with one attached hydrogen (secondary N) is 1. The van der Waals surface area contributed by atoms with Crippen molar-refractivity contribution in [1.29, 1.82) is 0 Å². The fourth-order valence-corrected chi connectivity index (χ4v) is 2.83. The van der Waals surface area contributed by atoms with Gasteiger partial charge >= 0.3 is 0 Å². The number of fused-ring (bicyclic) bond motifs is 2. The molecule has 102 valence electrons. The summed E-state index contributed by atoms with van der Waals surface area (Å²) in [6, 6.07) is 3.85. The number of aromatic nitrogens is 3. The molecular formula is C13H14N6O. The molecule has 2 aliphatic rings. The molecule has 0 fully saturated rings. The van der Waals surface area contributed by atoms with Gasteiger partial charge in [-0.05, 0) is 17.7 Å². The normalized spacial score (nSPS) is 16.8. The highest BCUT2D eigenvalue weighted by Crippen LogP contribution is 2.34. The van der Waals surface area contributed by atoms with E-state index in [1.807, 2.05) is 16.7 Å². The van der Waals surface area contributed by atoms with Crippen LogP contribution < -0.4 is 16.0 Å². The molecule has 2 aliphatic heterocycles. The molecule has 1 amide bonds. The number of nitrogens with zero attached hydrogens (tertiary/aromatic N) is 4. The van der Waals surface area contributed by atoms with Crippen LogP contribution in [0, 0.1) is 0 Å². The fraction of sp³-hybridized carbons (Fsp3) is 0.308. The number of rotatable bonds is 1. The molecule has 0 unspecified atom stereocenters. The zero-order chi connectivity index (χ0) is 13.7. The molecule has 3 N–H and O–H groups in total. The van der Waals surface area contributed by atoms with Crippen LogP contribution >= 0.6 is 0 Å². The zero-order valence-corrected chi connectivity index (χ0v) is 10.8. The standard InChI is InChI=1S/C13H14N6O/c14-9-3-8-4-13(20)16-10(8)5-11(9)18-1-2-19-7-15-17-12(19)6-18/h3,5,7H,1-2,4,6,14H2,(H,16,20). The summed E-state index contributed by atoms with van der Waals surface area (Å²) in [4.78, 5) is 13.6. The molecule has 0 radical (unpaired) electrons. The van der Waals surface area contributed by atoms with Gasteiger partial charge in [-0.3, -0.25) is 4.79 Å². The highest BCUT2D eigenvalue weighted by molar-refractivity contribution is 6.00. The number of carbonyl (C=O) groups is 1. The third kappa shape index (κ3) is 1.63. The Kier molecular flexibility index (Phi) is 2.23. The number of carbonyl (C=O) groups excluding carboxylic acids is 1. The van der Waals surface area contributed by atoms with E-state index in [2.05, 4.69) is 20.4 Å². The largest absolute Gasteiger partial charge is 0.397 e. The molecule has 2 aromatic rings. The lowest BCUT2D eigenvalue weighted by Gasteiger charge is -2.30. The van der Waals surface area contributed by atoms with Crippen molar-refractivity contribution >= 4 is 23.0 Å². The Morgan fingerprint density at radius 1 is 1.30 bits per heavy atom. The van der Waals surface area contributed by atoms with Gasteiger partial charge in [0.25, 0.3) is 0 Å². The zero-order valence-electron chi connectivity index (χ0n) is 10.8. The number of hydrogen-bond donors (Lipinski definition) is 2. The Hall–Kier alpha value is -2.57. The van der Waals surface area contributed by atoms with Crippen molar-refractivity contribution in [3.8, 4) is 0 Å². The van der Waals surface area contributed by atoms with Gasteiger partial charge < -0.3 is 20.5 Å². The Morgan fingerprint density at radius 3 is 3.10 bits per heavy atom. The minimum absolute atomic E-state index is 0.0231. The van der Waals surface area contributed by atoms with Gasteiger partial charge in [0.1, 0.15) is 6.33 Å². The molecule has 0 bridgehead atoms. The molecule has 0 aliphatic carbocycles. The Labute approximate surface area is 115 Å². The summed E-state index contributed by atoms with van der Waals surface area (Å²) >= 11 is 0. The van der Waals surface area contributed by atoms with E-state index in [9.17, 15) is 4.79 Å². The average molecular weight is 270 g/mol. The first-order valence-corrected chi connectivity index (χ1v) is 6.54. The average Bonchev–Trinajstić information content (AvgIpc) is 3.01. The van der Waals surface area contributed by atoms with Crippen LogP contribution in [0.3, 0.4) is 0 Å². The topological polar surface area (TPSA) is 89.1 Å². The third-order valence-corrected chi connectivity index (χ3v) is 3.86. The summed E-state index contributed by atoms with van der Waals surface area (Å²) in [5.74, 6) is 0.954. The van der Waals surface area contributed by atoms with Crippen LogP contribution in [-0.4, -0.2) is 27.2 Å². The van der Waals surface area contributed by atoms with Crippen LogP contribution in [0.2, 0.25) is 0 Å². The second-order valence-electron chi connectivity index (χ2n) is 5.16. The maximum Gasteiger partial charge on any atom is 0.228 e. The van der Waals surface area contributed by atoms with E-state index < -0.39 is 0 Å². The number of nitrogen functional groups attached to an aromatic ring is 1. The van der Waals surface area contributed by atoms with E-state index in [1.54, 1.807) is 6.33 Å². The predicted octanol–water partition coefficient (Wildman–Crippen LogP) is 0.375. The van der Waals surface area contributed by atoms with Gasteiger partial charge in [-0.15, -0.1) is 10.2 Å². The van der Waals surface area contributed by atoms with Crippen molar-refractivity contribution in [2.45, 2.75) is 19.5 Å². The molecule has 1 aromatic heterocycles. The SMILES string of the molecule is Nc1cc2c(cc1N1CCn3cnnc3C1)NC(=O)C2. The molecule has 1 aromatic carbocycles. The minimum atomic E-state index is 0.0231. The van der Waals surface area contributed by atoms with Gasteiger partial charge in [-0.1, -0.05) is 0 Å². The molecule has 7 nitrogen and oxygen atoms in total. The molecule has 7 heteroatoms. The maximum atomic E-state index is 11.4. The number of anilines is 3. The van der Waals surface area contributed by atoms with Crippen LogP contribution in [0.15, 0.2) is 18.5 Å². The van der Waals surface area contributed by atoms with E-state index >= 15 is 0 Å². The maximum absolute atomic E-state index is 11.4. The van der Waals surface area contributed by atoms with Crippen molar-refractivity contribution in [3.05, 3.63) is 29.8 Å². The predicted molar refractivity (Wildman–Crippen MR) is 74.3 cm³/mol. The Bertz CT molecular complexity index is 707. The van der Waals surface area contributed by atoms with Crippen LogP contribution in [-0.2, 0) is 24.3 Å². The number of hydrogen-bond acceptors (Lipinski definition) is 5. The minimum Gasteiger partial charge on any atom is -0.397 e. The molecular weight excluding hydrogens is 256 g/mol. The first-order valence-electron chi connectivity index (χ1n) is 6.54. The number of nitrogens with two attached hydrogens (primary N) is 1. The van der Waals surface area contributed by atoms with Gasteiger partial charge in [-0.25, -0.2) is 0 Å². The van der Waals surface area contributed by atoms with Gasteiger partial charge in [0, 0.05) is 18.8 Å². The van der Waals surface area contributed by atoms with Crippen molar-refractivity contribution in [2.75, 3.05) is 22.5 Å². The molecule has 3 heterocycles. The molecule has 0 spiro atoms. The monoisotopic (exact) mass is 270 g/mol. The lowest BCUT2D eigenvalue weighted by atomic mass is 10.1. The first kappa shape index (κ1) is 11.3. The van der Waals surface area contributed by atoms with Crippen LogP contribution in [0.25, 0.3) is 0 Å². The Balaban J connectivity index is 1.70. The third-order valence-electron chi connectivity index (χ3n) is 3.86. The summed E-state index contributed by atoms with van der Waals surface area (Å²) in [6.07, 6.45) is 2.16. The highest BCUT2D eigenvalue weighted by Gasteiger charge is 2.24. The van der Waals surface area contributed by atoms with Crippen molar-refractivity contribution in [3.63, 3.8) is 0 Å². The van der Waals surface area contributed by atoms with E-state index in [1.165, 1.54) is 0 Å². The van der Waals surface area contributed by atoms with Crippen LogP contribution in [0.1, 0.15) is 11.4 Å². The van der Waals surface area contributed by atoms with Crippen molar-refractivity contribution < 1.29 is 4.79 Å². The van der Waals surface area contributed by atoms with Crippen LogP contribution in [0.4, 0.5) is 17.1 Å². The highest BCUT2D eigenvalue weighted by atomic mass is 16.1. The summed E-state index contributed by atoms with van der Waals surface area (Å²) < 4.78 is 2.04. The van der Waals surface area contributed by atoms with E-state index in [0.717, 1.165) is 35.9 Å². The van der Waals surface area contributed by atoms with Gasteiger partial charge in [0.05, 0.1) is 24.3 Å². The number of amides is 1. The summed E-state index contributed by atoms with van der Waals surface area (Å²) in [5.41, 5.74) is 9.62. The second-order valence-corrected chi connectivity index (χ2v) is 5.16. The molecule has 0 saturated carbocycles. The molecule has 20 heavy (non-hydrogen) atoms. The lowest BCUT2D eigenvalue weighted by Crippen LogP contribution is -2.34.